The van der Waals surface area contributed by atoms with Crippen LogP contribution in [0.1, 0.15) is 11.1 Å². The van der Waals surface area contributed by atoms with Crippen molar-refractivity contribution in [1.82, 2.24) is 0 Å². The van der Waals surface area contributed by atoms with E-state index in [4.69, 9.17) is 5.26 Å². The molecule has 0 heterocycles. The molecule has 1 aromatic rings. The second-order valence-electron chi connectivity index (χ2n) is 3.24. The highest BCUT2D eigenvalue weighted by molar-refractivity contribution is 5.61. The Labute approximate surface area is 85.1 Å². The number of anilines is 1. The summed E-state index contributed by atoms with van der Waals surface area (Å²) < 4.78 is 0. The Morgan fingerprint density at radius 2 is 2.00 bits per heavy atom. The van der Waals surface area contributed by atoms with Gasteiger partial charge in [-0.15, -0.1) is 6.58 Å². The van der Waals surface area contributed by atoms with E-state index < -0.39 is 0 Å². The second-order valence-corrected chi connectivity index (χ2v) is 3.24. The number of benzene rings is 1. The minimum atomic E-state index is 0.558. The minimum Gasteiger partial charge on any atom is -0.275 e. The Morgan fingerprint density at radius 1 is 1.43 bits per heavy atom. The van der Waals surface area contributed by atoms with Gasteiger partial charge in [-0.1, -0.05) is 24.3 Å². The molecule has 2 nitrogen and oxygen atoms in total. The standard InChI is InChI=1S/C12H14N2/c1-4-8-14(9-13)12-10(2)6-5-7-11(12)3/h4-7H,1,8H2,2-3H3. The fourth-order valence-electron chi connectivity index (χ4n) is 1.54. The zero-order valence-corrected chi connectivity index (χ0v) is 8.62. The molecule has 0 aliphatic rings. The molecular weight excluding hydrogens is 172 g/mol. The van der Waals surface area contributed by atoms with Crippen molar-refractivity contribution >= 4 is 5.69 Å². The molecule has 0 aromatic heterocycles. The first-order valence-electron chi connectivity index (χ1n) is 4.55. The van der Waals surface area contributed by atoms with Gasteiger partial charge >= 0.3 is 0 Å². The number of aryl methyl sites for hydroxylation is 2. The lowest BCUT2D eigenvalue weighted by molar-refractivity contribution is 1.07. The maximum atomic E-state index is 8.99. The molecule has 0 aliphatic carbocycles. The van der Waals surface area contributed by atoms with E-state index in [1.54, 1.807) is 11.0 Å². The molecule has 2 heteroatoms. The van der Waals surface area contributed by atoms with Crippen molar-refractivity contribution in [2.45, 2.75) is 13.8 Å². The molecule has 0 aliphatic heterocycles. The van der Waals surface area contributed by atoms with Gasteiger partial charge in [-0.05, 0) is 25.0 Å². The zero-order valence-electron chi connectivity index (χ0n) is 8.62. The van der Waals surface area contributed by atoms with Crippen LogP contribution in [0.5, 0.6) is 0 Å². The lowest BCUT2D eigenvalue weighted by atomic mass is 10.1. The van der Waals surface area contributed by atoms with Crippen LogP contribution in [0.3, 0.4) is 0 Å². The Balaban J connectivity index is 3.16. The Kier molecular flexibility index (Phi) is 3.30. The lowest BCUT2D eigenvalue weighted by Gasteiger charge is -2.18. The van der Waals surface area contributed by atoms with E-state index in [2.05, 4.69) is 12.8 Å². The van der Waals surface area contributed by atoms with Crippen LogP contribution in [-0.4, -0.2) is 6.54 Å². The normalized spacial score (nSPS) is 9.21. The van der Waals surface area contributed by atoms with Crippen molar-refractivity contribution in [3.05, 3.63) is 42.0 Å². The Bertz CT molecular complexity index is 354. The largest absolute Gasteiger partial charge is 0.275 e. The van der Waals surface area contributed by atoms with Gasteiger partial charge in [0.2, 0.25) is 0 Å². The summed E-state index contributed by atoms with van der Waals surface area (Å²) in [6.07, 6.45) is 3.89. The SMILES string of the molecule is C=CCN(C#N)c1c(C)cccc1C. The van der Waals surface area contributed by atoms with Crippen molar-refractivity contribution in [2.75, 3.05) is 11.4 Å². The van der Waals surface area contributed by atoms with Gasteiger partial charge in [0.05, 0.1) is 12.2 Å². The van der Waals surface area contributed by atoms with Crippen molar-refractivity contribution in [3.63, 3.8) is 0 Å². The van der Waals surface area contributed by atoms with Crippen LogP contribution in [0.2, 0.25) is 0 Å². The molecule has 0 bridgehead atoms. The molecule has 0 saturated carbocycles. The lowest BCUT2D eigenvalue weighted by Crippen LogP contribution is -2.18. The van der Waals surface area contributed by atoms with E-state index in [0.29, 0.717) is 6.54 Å². The van der Waals surface area contributed by atoms with Crippen LogP contribution in [0, 0.1) is 25.3 Å². The van der Waals surface area contributed by atoms with Crippen molar-refractivity contribution in [3.8, 4) is 6.19 Å². The summed E-state index contributed by atoms with van der Waals surface area (Å²) in [5.41, 5.74) is 3.23. The zero-order chi connectivity index (χ0) is 10.6. The molecule has 1 aromatic carbocycles. The highest BCUT2D eigenvalue weighted by atomic mass is 15.1. The number of nitrogens with zero attached hydrogens (tertiary/aromatic N) is 2. The topological polar surface area (TPSA) is 27.0 Å². The van der Waals surface area contributed by atoms with Gasteiger partial charge in [0.1, 0.15) is 0 Å². The van der Waals surface area contributed by atoms with E-state index >= 15 is 0 Å². The average Bonchev–Trinajstić information content (AvgIpc) is 2.16. The summed E-state index contributed by atoms with van der Waals surface area (Å²) in [6, 6.07) is 6.02. The van der Waals surface area contributed by atoms with Gasteiger partial charge in [0, 0.05) is 0 Å². The predicted molar refractivity (Wildman–Crippen MR) is 59.1 cm³/mol. The fraction of sp³-hybridized carbons (Fsp3) is 0.250. The molecule has 72 valence electrons. The molecule has 1 rings (SSSR count). The van der Waals surface area contributed by atoms with Gasteiger partial charge in [-0.2, -0.15) is 5.26 Å². The van der Waals surface area contributed by atoms with Crippen LogP contribution in [-0.2, 0) is 0 Å². The minimum absolute atomic E-state index is 0.558. The van der Waals surface area contributed by atoms with Gasteiger partial charge in [0.15, 0.2) is 6.19 Å². The van der Waals surface area contributed by atoms with E-state index in [1.807, 2.05) is 32.0 Å². The summed E-state index contributed by atoms with van der Waals surface area (Å²) in [5, 5.41) is 8.99. The van der Waals surface area contributed by atoms with E-state index in [0.717, 1.165) is 16.8 Å². The van der Waals surface area contributed by atoms with Crippen LogP contribution in [0.4, 0.5) is 5.69 Å². The number of hydrogen-bond donors (Lipinski definition) is 0. The number of hydrogen-bond acceptors (Lipinski definition) is 2. The average molecular weight is 186 g/mol. The molecule has 14 heavy (non-hydrogen) atoms. The number of para-hydroxylation sites is 1. The number of nitriles is 1. The summed E-state index contributed by atoms with van der Waals surface area (Å²) in [5.74, 6) is 0. The summed E-state index contributed by atoms with van der Waals surface area (Å²) in [7, 11) is 0. The van der Waals surface area contributed by atoms with E-state index in [-0.39, 0.29) is 0 Å². The summed E-state index contributed by atoms with van der Waals surface area (Å²) >= 11 is 0. The van der Waals surface area contributed by atoms with E-state index in [9.17, 15) is 0 Å². The van der Waals surface area contributed by atoms with Crippen LogP contribution in [0.25, 0.3) is 0 Å². The van der Waals surface area contributed by atoms with Crippen molar-refractivity contribution in [2.24, 2.45) is 0 Å². The van der Waals surface area contributed by atoms with Gasteiger partial charge in [-0.3, -0.25) is 4.90 Å². The number of rotatable bonds is 3. The molecule has 0 atom stereocenters. The monoisotopic (exact) mass is 186 g/mol. The molecule has 0 amide bonds. The fourth-order valence-corrected chi connectivity index (χ4v) is 1.54. The van der Waals surface area contributed by atoms with Crippen molar-refractivity contribution < 1.29 is 0 Å². The van der Waals surface area contributed by atoms with Crippen LogP contribution >= 0.6 is 0 Å². The maximum Gasteiger partial charge on any atom is 0.184 e. The molecule has 0 unspecified atom stereocenters. The van der Waals surface area contributed by atoms with Gasteiger partial charge in [0.25, 0.3) is 0 Å². The maximum absolute atomic E-state index is 8.99. The first-order chi connectivity index (χ1) is 6.70. The molecule has 0 fully saturated rings. The van der Waals surface area contributed by atoms with E-state index in [1.165, 1.54) is 0 Å². The highest BCUT2D eigenvalue weighted by Gasteiger charge is 2.08. The molecular formula is C12H14N2. The molecule has 0 radical (unpaired) electrons. The third-order valence-corrected chi connectivity index (χ3v) is 2.14. The summed E-state index contributed by atoms with van der Waals surface area (Å²) in [4.78, 5) is 1.65. The second kappa shape index (κ2) is 4.48. The predicted octanol–water partition coefficient (Wildman–Crippen LogP) is 2.78. The third-order valence-electron chi connectivity index (χ3n) is 2.14. The Morgan fingerprint density at radius 3 is 2.43 bits per heavy atom. The van der Waals surface area contributed by atoms with Crippen molar-refractivity contribution in [1.29, 1.82) is 5.26 Å². The molecule has 0 saturated heterocycles. The van der Waals surface area contributed by atoms with Crippen LogP contribution < -0.4 is 4.90 Å². The Hall–Kier alpha value is -1.75. The summed E-state index contributed by atoms with van der Waals surface area (Å²) in [6.45, 7) is 8.22. The quantitative estimate of drug-likeness (QED) is 0.412. The molecule has 0 spiro atoms. The first kappa shape index (κ1) is 10.3. The smallest absolute Gasteiger partial charge is 0.184 e. The molecule has 0 N–H and O–H groups in total. The van der Waals surface area contributed by atoms with Gasteiger partial charge < -0.3 is 0 Å². The highest BCUT2D eigenvalue weighted by Crippen LogP contribution is 2.23. The first-order valence-corrected chi connectivity index (χ1v) is 4.55. The third kappa shape index (κ3) is 1.94. The van der Waals surface area contributed by atoms with Crippen LogP contribution in [0.15, 0.2) is 30.9 Å². The van der Waals surface area contributed by atoms with Gasteiger partial charge in [-0.25, -0.2) is 0 Å².